The third-order valence-corrected chi connectivity index (χ3v) is 3.99. The molecular weight excluding hydrogens is 296 g/mol. The van der Waals surface area contributed by atoms with E-state index in [0.717, 1.165) is 11.4 Å². The molecule has 2 unspecified atom stereocenters. The van der Waals surface area contributed by atoms with Gasteiger partial charge in [-0.25, -0.2) is 4.68 Å². The summed E-state index contributed by atoms with van der Waals surface area (Å²) >= 11 is 0. The minimum atomic E-state index is -0.410. The van der Waals surface area contributed by atoms with Crippen LogP contribution in [0.1, 0.15) is 10.5 Å². The molecule has 0 bridgehead atoms. The zero-order chi connectivity index (χ0) is 16.2. The SMILES string of the molecule is COc1ccc(-n2ccc(C(=O)NCC3CNCC3O)n2)cc1. The van der Waals surface area contributed by atoms with Crippen molar-refractivity contribution in [3.8, 4) is 11.4 Å². The van der Waals surface area contributed by atoms with Gasteiger partial charge in [-0.2, -0.15) is 5.10 Å². The molecule has 1 aliphatic heterocycles. The van der Waals surface area contributed by atoms with Gasteiger partial charge in [-0.15, -0.1) is 0 Å². The Balaban J connectivity index is 1.62. The van der Waals surface area contributed by atoms with E-state index in [-0.39, 0.29) is 11.8 Å². The normalized spacial score (nSPS) is 20.4. The van der Waals surface area contributed by atoms with Crippen LogP contribution in [0.4, 0.5) is 0 Å². The van der Waals surface area contributed by atoms with Gasteiger partial charge in [0.1, 0.15) is 5.75 Å². The van der Waals surface area contributed by atoms with Gasteiger partial charge in [-0.05, 0) is 30.3 Å². The third kappa shape index (κ3) is 3.52. The summed E-state index contributed by atoms with van der Waals surface area (Å²) in [5.41, 5.74) is 1.20. The van der Waals surface area contributed by atoms with Crippen molar-refractivity contribution < 1.29 is 14.6 Å². The van der Waals surface area contributed by atoms with Gasteiger partial charge in [0.25, 0.3) is 5.91 Å². The van der Waals surface area contributed by atoms with Crippen LogP contribution in [0.25, 0.3) is 5.69 Å². The molecule has 1 amide bonds. The number of nitrogens with zero attached hydrogens (tertiary/aromatic N) is 2. The smallest absolute Gasteiger partial charge is 0.271 e. The second-order valence-corrected chi connectivity index (χ2v) is 5.54. The fourth-order valence-corrected chi connectivity index (χ4v) is 2.57. The van der Waals surface area contributed by atoms with E-state index in [2.05, 4.69) is 15.7 Å². The highest BCUT2D eigenvalue weighted by atomic mass is 16.5. The Bertz CT molecular complexity index is 668. The van der Waals surface area contributed by atoms with Crippen LogP contribution in [0, 0.1) is 5.92 Å². The average Bonchev–Trinajstić information content (AvgIpc) is 3.22. The molecular formula is C16H20N4O3. The van der Waals surface area contributed by atoms with Gasteiger partial charge in [-0.3, -0.25) is 4.79 Å². The Morgan fingerprint density at radius 1 is 1.39 bits per heavy atom. The molecule has 0 spiro atoms. The number of nitrogens with one attached hydrogen (secondary N) is 2. The molecule has 1 saturated heterocycles. The molecule has 0 aliphatic carbocycles. The highest BCUT2D eigenvalue weighted by Gasteiger charge is 2.25. The highest BCUT2D eigenvalue weighted by molar-refractivity contribution is 5.92. The highest BCUT2D eigenvalue weighted by Crippen LogP contribution is 2.14. The van der Waals surface area contributed by atoms with Gasteiger partial charge in [0, 0.05) is 31.7 Å². The van der Waals surface area contributed by atoms with Gasteiger partial charge in [0.15, 0.2) is 5.69 Å². The van der Waals surface area contributed by atoms with Crippen molar-refractivity contribution in [2.45, 2.75) is 6.10 Å². The molecule has 0 saturated carbocycles. The fourth-order valence-electron chi connectivity index (χ4n) is 2.57. The van der Waals surface area contributed by atoms with Crippen molar-refractivity contribution in [2.75, 3.05) is 26.7 Å². The molecule has 2 heterocycles. The molecule has 23 heavy (non-hydrogen) atoms. The van der Waals surface area contributed by atoms with Crippen molar-refractivity contribution in [1.82, 2.24) is 20.4 Å². The maximum absolute atomic E-state index is 12.1. The van der Waals surface area contributed by atoms with Crippen LogP contribution in [-0.2, 0) is 0 Å². The lowest BCUT2D eigenvalue weighted by molar-refractivity contribution is 0.0921. The van der Waals surface area contributed by atoms with Crippen LogP contribution in [0.15, 0.2) is 36.5 Å². The van der Waals surface area contributed by atoms with E-state index in [0.29, 0.717) is 25.3 Å². The lowest BCUT2D eigenvalue weighted by atomic mass is 10.1. The minimum Gasteiger partial charge on any atom is -0.497 e. The third-order valence-electron chi connectivity index (χ3n) is 3.99. The van der Waals surface area contributed by atoms with E-state index >= 15 is 0 Å². The van der Waals surface area contributed by atoms with Crippen LogP contribution in [-0.4, -0.2) is 53.6 Å². The van der Waals surface area contributed by atoms with Gasteiger partial charge < -0.3 is 20.5 Å². The molecule has 7 heteroatoms. The molecule has 0 radical (unpaired) electrons. The molecule has 2 aromatic rings. The van der Waals surface area contributed by atoms with E-state index in [1.807, 2.05) is 24.3 Å². The topological polar surface area (TPSA) is 88.4 Å². The number of hydrogen-bond donors (Lipinski definition) is 3. The van der Waals surface area contributed by atoms with Crippen molar-refractivity contribution in [3.63, 3.8) is 0 Å². The van der Waals surface area contributed by atoms with Crippen LogP contribution < -0.4 is 15.4 Å². The van der Waals surface area contributed by atoms with Crippen molar-refractivity contribution >= 4 is 5.91 Å². The lowest BCUT2D eigenvalue weighted by Crippen LogP contribution is -2.34. The molecule has 1 fully saturated rings. The molecule has 7 nitrogen and oxygen atoms in total. The van der Waals surface area contributed by atoms with Crippen LogP contribution in [0.5, 0.6) is 5.75 Å². The molecule has 1 aromatic heterocycles. The summed E-state index contributed by atoms with van der Waals surface area (Å²) in [4.78, 5) is 12.1. The van der Waals surface area contributed by atoms with E-state index in [4.69, 9.17) is 4.74 Å². The molecule has 3 N–H and O–H groups in total. The van der Waals surface area contributed by atoms with E-state index in [1.165, 1.54) is 0 Å². The monoisotopic (exact) mass is 316 g/mol. The number of aliphatic hydroxyl groups excluding tert-OH is 1. The number of benzene rings is 1. The molecule has 1 aliphatic rings. The number of hydrogen-bond acceptors (Lipinski definition) is 5. The van der Waals surface area contributed by atoms with Gasteiger partial charge in [0.05, 0.1) is 18.9 Å². The summed E-state index contributed by atoms with van der Waals surface area (Å²) in [7, 11) is 1.61. The fraction of sp³-hybridized carbons (Fsp3) is 0.375. The number of amides is 1. The van der Waals surface area contributed by atoms with Gasteiger partial charge in [0.2, 0.25) is 0 Å². The van der Waals surface area contributed by atoms with Gasteiger partial charge in [-0.1, -0.05) is 0 Å². The van der Waals surface area contributed by atoms with E-state index < -0.39 is 6.10 Å². The number of carbonyl (C=O) groups is 1. The second kappa shape index (κ2) is 6.80. The Labute approximate surface area is 134 Å². The predicted molar refractivity (Wildman–Crippen MR) is 84.8 cm³/mol. The summed E-state index contributed by atoms with van der Waals surface area (Å²) in [6.07, 6.45) is 1.33. The largest absolute Gasteiger partial charge is 0.497 e. The van der Waals surface area contributed by atoms with Gasteiger partial charge >= 0.3 is 0 Å². The number of aliphatic hydroxyl groups is 1. The Morgan fingerprint density at radius 3 is 2.83 bits per heavy atom. The zero-order valence-electron chi connectivity index (χ0n) is 12.9. The summed E-state index contributed by atoms with van der Waals surface area (Å²) < 4.78 is 6.76. The van der Waals surface area contributed by atoms with E-state index in [9.17, 15) is 9.90 Å². The first-order chi connectivity index (χ1) is 11.2. The predicted octanol–water partition coefficient (Wildman–Crippen LogP) is 0.191. The first kappa shape index (κ1) is 15.5. The van der Waals surface area contributed by atoms with Crippen molar-refractivity contribution in [2.24, 2.45) is 5.92 Å². The molecule has 2 atom stereocenters. The maximum Gasteiger partial charge on any atom is 0.271 e. The molecule has 122 valence electrons. The first-order valence-corrected chi connectivity index (χ1v) is 7.54. The summed E-state index contributed by atoms with van der Waals surface area (Å²) in [6.45, 7) is 1.72. The number of carbonyl (C=O) groups excluding carboxylic acids is 1. The maximum atomic E-state index is 12.1. The Morgan fingerprint density at radius 2 is 2.17 bits per heavy atom. The first-order valence-electron chi connectivity index (χ1n) is 7.54. The van der Waals surface area contributed by atoms with E-state index in [1.54, 1.807) is 24.1 Å². The van der Waals surface area contributed by atoms with Crippen LogP contribution >= 0.6 is 0 Å². The summed E-state index contributed by atoms with van der Waals surface area (Å²) in [6, 6.07) is 9.08. The number of rotatable bonds is 5. The Hall–Kier alpha value is -2.38. The second-order valence-electron chi connectivity index (χ2n) is 5.54. The minimum absolute atomic E-state index is 0.0441. The van der Waals surface area contributed by atoms with Crippen molar-refractivity contribution in [3.05, 3.63) is 42.2 Å². The number of methoxy groups -OCH3 is 1. The number of aromatic nitrogens is 2. The Kier molecular flexibility index (Phi) is 4.59. The van der Waals surface area contributed by atoms with Crippen LogP contribution in [0.2, 0.25) is 0 Å². The number of ether oxygens (including phenoxy) is 1. The standard InChI is InChI=1S/C16H20N4O3/c1-23-13-4-2-12(3-5-13)20-7-6-14(19-20)16(22)18-9-11-8-17-10-15(11)21/h2-7,11,15,17,21H,8-10H2,1H3,(H,18,22). The molecule has 3 rings (SSSR count). The molecule has 1 aromatic carbocycles. The average molecular weight is 316 g/mol. The summed E-state index contributed by atoms with van der Waals surface area (Å²) in [5.74, 6) is 0.571. The zero-order valence-corrected chi connectivity index (χ0v) is 12.9. The van der Waals surface area contributed by atoms with Crippen LogP contribution in [0.3, 0.4) is 0 Å². The van der Waals surface area contributed by atoms with Crippen molar-refractivity contribution in [1.29, 1.82) is 0 Å². The quantitative estimate of drug-likeness (QED) is 0.733. The lowest BCUT2D eigenvalue weighted by Gasteiger charge is -2.13. The summed E-state index contributed by atoms with van der Waals surface area (Å²) in [5, 5.41) is 19.9. The number of β-amino-alcohol motifs (C(OH)–C–C–N with tert-alkyl or cyclic N) is 1.